The zero-order valence-electron chi connectivity index (χ0n) is 34.3. The fourth-order valence-corrected chi connectivity index (χ4v) is 6.58. The molecule has 8 rings (SSSR count). The van der Waals surface area contributed by atoms with E-state index in [2.05, 4.69) is 121 Å². The molecule has 5 heterocycles. The van der Waals surface area contributed by atoms with Crippen molar-refractivity contribution in [3.8, 4) is 11.5 Å². The maximum absolute atomic E-state index is 6.12. The smallest absolute Gasteiger partial charge is 0.231 e. The molecule has 3 aromatic carbocycles. The van der Waals surface area contributed by atoms with E-state index in [4.69, 9.17) is 39.4 Å². The van der Waals surface area contributed by atoms with Crippen molar-refractivity contribution < 1.29 is 9.47 Å². The number of nitrogens with zero attached hydrogens (tertiary/aromatic N) is 8. The van der Waals surface area contributed by atoms with Crippen LogP contribution < -0.4 is 40.5 Å². The molecule has 0 spiro atoms. The van der Waals surface area contributed by atoms with Gasteiger partial charge < -0.3 is 40.5 Å². The molecule has 0 radical (unpaired) electrons. The first-order chi connectivity index (χ1) is 27.8. The van der Waals surface area contributed by atoms with Crippen molar-refractivity contribution in [2.75, 3.05) is 83.5 Å². The second-order valence-electron chi connectivity index (χ2n) is 14.4. The van der Waals surface area contributed by atoms with Gasteiger partial charge >= 0.3 is 0 Å². The minimum Gasteiger partial charge on any atom is -0.494 e. The Kier molecular flexibility index (Phi) is 14.1. The molecule has 10 bridgehead atoms. The van der Waals surface area contributed by atoms with Gasteiger partial charge in [0, 0.05) is 57.8 Å². The number of benzene rings is 3. The predicted octanol–water partition coefficient (Wildman–Crippen LogP) is 7.37. The van der Waals surface area contributed by atoms with Gasteiger partial charge in [0.1, 0.15) is 11.5 Å². The molecule has 0 aliphatic carbocycles. The van der Waals surface area contributed by atoms with Crippen molar-refractivity contribution in [3.05, 3.63) is 95.1 Å². The van der Waals surface area contributed by atoms with Crippen LogP contribution in [0.4, 0.5) is 35.7 Å². The number of hydrogen-bond donors (Lipinski definition) is 4. The summed E-state index contributed by atoms with van der Waals surface area (Å²) in [6.07, 6.45) is 1.55. The van der Waals surface area contributed by atoms with Gasteiger partial charge in [-0.25, -0.2) is 0 Å². The zero-order valence-corrected chi connectivity index (χ0v) is 34.3. The summed E-state index contributed by atoms with van der Waals surface area (Å²) in [6.45, 7) is 19.5. The summed E-state index contributed by atoms with van der Waals surface area (Å²) >= 11 is 0. The van der Waals surface area contributed by atoms with Crippen LogP contribution in [0.2, 0.25) is 0 Å². The maximum Gasteiger partial charge on any atom is 0.231 e. The minimum atomic E-state index is -0.197. The summed E-state index contributed by atoms with van der Waals surface area (Å²) in [5.74, 6) is 5.03. The lowest BCUT2D eigenvalue weighted by molar-refractivity contribution is 0.314. The molecule has 14 heteroatoms. The molecule has 0 saturated carbocycles. The number of rotatable bonds is 6. The summed E-state index contributed by atoms with van der Waals surface area (Å²) in [6, 6.07) is 25.2. The van der Waals surface area contributed by atoms with Gasteiger partial charge in [0.05, 0.1) is 13.2 Å². The van der Waals surface area contributed by atoms with Crippen LogP contribution >= 0.6 is 0 Å². The lowest BCUT2D eigenvalue weighted by Crippen LogP contribution is -2.25. The van der Waals surface area contributed by atoms with Crippen LogP contribution in [-0.2, 0) is 18.5 Å². The van der Waals surface area contributed by atoms with Crippen molar-refractivity contribution in [1.82, 2.24) is 29.9 Å². The topological polar surface area (TPSA) is 150 Å². The van der Waals surface area contributed by atoms with Gasteiger partial charge in [0.25, 0.3) is 0 Å². The monoisotopic (exact) mass is 774 g/mol. The normalized spacial score (nSPS) is 14.8. The van der Waals surface area contributed by atoms with Crippen LogP contribution in [-0.4, -0.2) is 82.4 Å². The largest absolute Gasteiger partial charge is 0.494 e. The minimum absolute atomic E-state index is 0.197. The fourth-order valence-electron chi connectivity index (χ4n) is 6.58. The first-order valence-electron chi connectivity index (χ1n) is 20.3. The van der Waals surface area contributed by atoms with Crippen LogP contribution in [0.1, 0.15) is 76.6 Å². The molecular formula is C43H58N12O2. The molecule has 302 valence electrons. The third kappa shape index (κ3) is 11.1. The van der Waals surface area contributed by atoms with E-state index >= 15 is 0 Å². The van der Waals surface area contributed by atoms with Crippen LogP contribution in [0.5, 0.6) is 11.5 Å². The molecule has 5 aromatic rings. The van der Waals surface area contributed by atoms with Crippen molar-refractivity contribution in [1.29, 1.82) is 0 Å². The van der Waals surface area contributed by atoms with Gasteiger partial charge in [-0.2, -0.15) is 29.9 Å². The SMILES string of the molecule is CCN(CC)c1nc2nc(n1)NCc1cccc(c1)CNc1nc(nc(N(CC)CC)n1)NCCCOc1ccc(cc1)C(C)(C)c1ccc(cc1)OCCCN2. The van der Waals surface area contributed by atoms with Crippen molar-refractivity contribution >= 4 is 35.7 Å². The van der Waals surface area contributed by atoms with Crippen LogP contribution in [0, 0.1) is 0 Å². The number of nitrogens with one attached hydrogen (secondary N) is 4. The molecule has 14 nitrogen and oxygen atoms in total. The van der Waals surface area contributed by atoms with E-state index in [1.807, 2.05) is 24.3 Å². The van der Waals surface area contributed by atoms with Crippen LogP contribution in [0.25, 0.3) is 0 Å². The molecule has 0 atom stereocenters. The van der Waals surface area contributed by atoms with Gasteiger partial charge in [0.15, 0.2) is 0 Å². The number of fused-ring (bicyclic) bond motifs is 2. The first-order valence-corrected chi connectivity index (χ1v) is 20.3. The Morgan fingerprint density at radius 3 is 1.30 bits per heavy atom. The number of anilines is 6. The Morgan fingerprint density at radius 1 is 0.526 bits per heavy atom. The molecule has 3 aliphatic rings. The number of hydrogen-bond acceptors (Lipinski definition) is 14. The Hall–Kier alpha value is -5.92. The Balaban J connectivity index is 1.22. The number of aromatic nitrogens is 6. The van der Waals surface area contributed by atoms with Gasteiger partial charge in [-0.1, -0.05) is 62.4 Å². The van der Waals surface area contributed by atoms with Crippen LogP contribution in [0.3, 0.4) is 0 Å². The van der Waals surface area contributed by atoms with E-state index in [-0.39, 0.29) is 5.41 Å². The Bertz CT molecular complexity index is 1860. The summed E-state index contributed by atoms with van der Waals surface area (Å²) in [4.78, 5) is 32.7. The first kappa shape index (κ1) is 40.7. The predicted molar refractivity (Wildman–Crippen MR) is 230 cm³/mol. The van der Waals surface area contributed by atoms with E-state index in [1.165, 1.54) is 11.1 Å². The summed E-state index contributed by atoms with van der Waals surface area (Å²) < 4.78 is 12.2. The standard InChI is InChI=1S/C43H58N12O2/c1-7-54(8-2)41-50-37-44-24-12-26-56-35-20-16-33(17-21-35)43(5,6)34-18-22-36(23-19-34)57-27-13-25-45-38-49-40(53-42(51-38)55(9-3)10-4)47-30-32-15-11-14-31(28-32)29-46-39(48-37)52-41/h11,14-23,28H,7-10,12-13,24-27,29-30H2,1-6H3,(H2,44,46,48,50,52)(H2,45,47,49,51,53). The van der Waals surface area contributed by atoms with E-state index in [9.17, 15) is 0 Å². The highest BCUT2D eigenvalue weighted by molar-refractivity contribution is 5.46. The highest BCUT2D eigenvalue weighted by atomic mass is 16.5. The molecule has 0 fully saturated rings. The van der Waals surface area contributed by atoms with Crippen LogP contribution in [0.15, 0.2) is 72.8 Å². The maximum atomic E-state index is 6.12. The second-order valence-corrected chi connectivity index (χ2v) is 14.4. The molecule has 57 heavy (non-hydrogen) atoms. The van der Waals surface area contributed by atoms with Gasteiger partial charge in [-0.05, 0) is 87.1 Å². The van der Waals surface area contributed by atoms with E-state index < -0.39 is 0 Å². The lowest BCUT2D eigenvalue weighted by Gasteiger charge is -2.26. The van der Waals surface area contributed by atoms with Crippen molar-refractivity contribution in [2.24, 2.45) is 0 Å². The van der Waals surface area contributed by atoms with E-state index in [0.29, 0.717) is 75.1 Å². The summed E-state index contributed by atoms with van der Waals surface area (Å²) in [5, 5.41) is 13.7. The third-order valence-electron chi connectivity index (χ3n) is 10.1. The zero-order chi connectivity index (χ0) is 40.0. The van der Waals surface area contributed by atoms with E-state index in [0.717, 1.165) is 61.6 Å². The quantitative estimate of drug-likeness (QED) is 0.136. The fraction of sp³-hybridized carbons (Fsp3) is 0.442. The molecule has 0 unspecified atom stereocenters. The summed E-state index contributed by atoms with van der Waals surface area (Å²) in [7, 11) is 0. The van der Waals surface area contributed by atoms with Crippen molar-refractivity contribution in [3.63, 3.8) is 0 Å². The average molecular weight is 775 g/mol. The molecule has 0 amide bonds. The summed E-state index contributed by atoms with van der Waals surface area (Å²) in [5.41, 5.74) is 4.40. The van der Waals surface area contributed by atoms with E-state index in [1.54, 1.807) is 0 Å². The molecule has 3 aliphatic heterocycles. The van der Waals surface area contributed by atoms with Gasteiger partial charge in [-0.15, -0.1) is 0 Å². The highest BCUT2D eigenvalue weighted by Gasteiger charge is 2.23. The van der Waals surface area contributed by atoms with Crippen molar-refractivity contribution in [2.45, 2.75) is 72.9 Å². The second kappa shape index (κ2) is 19.8. The molecule has 2 aromatic heterocycles. The molecule has 4 N–H and O–H groups in total. The molecule has 0 saturated heterocycles. The van der Waals surface area contributed by atoms with Gasteiger partial charge in [0.2, 0.25) is 35.7 Å². The highest BCUT2D eigenvalue weighted by Crippen LogP contribution is 2.33. The van der Waals surface area contributed by atoms with Gasteiger partial charge in [-0.3, -0.25) is 0 Å². The lowest BCUT2D eigenvalue weighted by atomic mass is 9.78. The average Bonchev–Trinajstić information content (AvgIpc) is 3.23. The third-order valence-corrected chi connectivity index (χ3v) is 10.1. The Morgan fingerprint density at radius 2 is 0.912 bits per heavy atom. The number of ether oxygens (including phenoxy) is 2. The molecular weight excluding hydrogens is 717 g/mol. The Labute approximate surface area is 337 Å².